The zero-order valence-electron chi connectivity index (χ0n) is 10.9. The molecule has 1 aromatic carbocycles. The number of benzene rings is 1. The van der Waals surface area contributed by atoms with E-state index >= 15 is 0 Å². The van der Waals surface area contributed by atoms with Crippen molar-refractivity contribution in [3.05, 3.63) is 35.9 Å². The number of hydrogen-bond donors (Lipinski definition) is 2. The van der Waals surface area contributed by atoms with Crippen LogP contribution in [0.5, 0.6) is 0 Å². The molecule has 1 aliphatic rings. The van der Waals surface area contributed by atoms with E-state index in [4.69, 9.17) is 5.11 Å². The lowest BCUT2D eigenvalue weighted by Gasteiger charge is -2.25. The van der Waals surface area contributed by atoms with Gasteiger partial charge >= 0.3 is 5.97 Å². The normalized spacial score (nSPS) is 19.9. The summed E-state index contributed by atoms with van der Waals surface area (Å²) < 4.78 is 0. The first-order chi connectivity index (χ1) is 9.63. The van der Waals surface area contributed by atoms with Gasteiger partial charge in [0.05, 0.1) is 11.8 Å². The molecular formula is C14H17NO3S2. The van der Waals surface area contributed by atoms with E-state index in [9.17, 15) is 9.59 Å². The summed E-state index contributed by atoms with van der Waals surface area (Å²) in [6.45, 7) is 0. The minimum Gasteiger partial charge on any atom is -0.480 e. The van der Waals surface area contributed by atoms with Crippen LogP contribution in [0.2, 0.25) is 0 Å². The van der Waals surface area contributed by atoms with E-state index in [1.807, 2.05) is 30.3 Å². The fraction of sp³-hybridized carbons (Fsp3) is 0.429. The molecule has 0 aromatic heterocycles. The number of carbonyl (C=O) groups is 2. The molecule has 4 nitrogen and oxygen atoms in total. The van der Waals surface area contributed by atoms with Gasteiger partial charge in [-0.1, -0.05) is 30.3 Å². The lowest BCUT2D eigenvalue weighted by atomic mass is 9.99. The third kappa shape index (κ3) is 3.49. The molecule has 1 aliphatic heterocycles. The van der Waals surface area contributed by atoms with Crippen molar-refractivity contribution in [1.82, 2.24) is 4.90 Å². The number of aliphatic carboxylic acids is 1. The van der Waals surface area contributed by atoms with Crippen LogP contribution in [-0.2, 0) is 16.0 Å². The highest BCUT2D eigenvalue weighted by molar-refractivity contribution is 7.99. The third-order valence-electron chi connectivity index (χ3n) is 3.35. The van der Waals surface area contributed by atoms with Crippen LogP contribution in [0.15, 0.2) is 30.3 Å². The molecule has 0 aliphatic carbocycles. The Morgan fingerprint density at radius 2 is 2.10 bits per heavy atom. The fourth-order valence-electron chi connectivity index (χ4n) is 2.23. The number of thioether (sulfide) groups is 1. The van der Waals surface area contributed by atoms with Crippen LogP contribution in [0, 0.1) is 5.92 Å². The maximum atomic E-state index is 12.5. The van der Waals surface area contributed by atoms with Crippen molar-refractivity contribution in [3.63, 3.8) is 0 Å². The summed E-state index contributed by atoms with van der Waals surface area (Å²) in [6.07, 6.45) is 0.594. The van der Waals surface area contributed by atoms with E-state index in [0.29, 0.717) is 23.8 Å². The Kier molecular flexibility index (Phi) is 5.37. The predicted octanol–water partition coefficient (Wildman–Crippen LogP) is 1.76. The average molecular weight is 311 g/mol. The van der Waals surface area contributed by atoms with Crippen LogP contribution < -0.4 is 0 Å². The molecule has 6 heteroatoms. The Labute approximate surface area is 128 Å². The second kappa shape index (κ2) is 7.04. The van der Waals surface area contributed by atoms with Gasteiger partial charge in [0.15, 0.2) is 0 Å². The van der Waals surface area contributed by atoms with Gasteiger partial charge in [-0.15, -0.1) is 11.8 Å². The van der Waals surface area contributed by atoms with Gasteiger partial charge in [0.1, 0.15) is 6.04 Å². The molecular weight excluding hydrogens is 294 g/mol. The van der Waals surface area contributed by atoms with E-state index in [1.54, 1.807) is 0 Å². The highest BCUT2D eigenvalue weighted by Crippen LogP contribution is 2.24. The third-order valence-corrected chi connectivity index (χ3v) is 4.80. The topological polar surface area (TPSA) is 57.6 Å². The fourth-order valence-corrected chi connectivity index (χ4v) is 3.67. The standard InChI is InChI=1S/C14H17NO3S2/c16-13(15-9-20-8-12(15)14(17)18)11(7-19)6-10-4-2-1-3-5-10/h1-5,11-12,19H,6-9H2,(H,17,18)/t11?,12-/m1/s1. The molecule has 1 N–H and O–H groups in total. The van der Waals surface area contributed by atoms with Crippen molar-refractivity contribution < 1.29 is 14.7 Å². The monoisotopic (exact) mass is 311 g/mol. The Balaban J connectivity index is 2.07. The minimum atomic E-state index is -0.930. The zero-order chi connectivity index (χ0) is 14.5. The summed E-state index contributed by atoms with van der Waals surface area (Å²) in [5.41, 5.74) is 1.07. The highest BCUT2D eigenvalue weighted by Gasteiger charge is 2.37. The largest absolute Gasteiger partial charge is 0.480 e. The van der Waals surface area contributed by atoms with E-state index < -0.39 is 12.0 Å². The number of carboxylic acids is 1. The predicted molar refractivity (Wildman–Crippen MR) is 83.1 cm³/mol. The summed E-state index contributed by atoms with van der Waals surface area (Å²) in [6, 6.07) is 9.03. The number of rotatable bonds is 5. The van der Waals surface area contributed by atoms with E-state index in [1.165, 1.54) is 16.7 Å². The molecule has 0 bridgehead atoms. The Bertz CT molecular complexity index is 481. The molecule has 108 valence electrons. The van der Waals surface area contributed by atoms with Crippen LogP contribution >= 0.6 is 24.4 Å². The number of nitrogens with zero attached hydrogens (tertiary/aromatic N) is 1. The summed E-state index contributed by atoms with van der Waals surface area (Å²) in [5.74, 6) is 0.0189. The molecule has 1 amide bonds. The van der Waals surface area contributed by atoms with E-state index in [0.717, 1.165) is 5.56 Å². The van der Waals surface area contributed by atoms with Crippen LogP contribution in [0.3, 0.4) is 0 Å². The Morgan fingerprint density at radius 1 is 1.40 bits per heavy atom. The molecule has 1 fully saturated rings. The Morgan fingerprint density at radius 3 is 2.70 bits per heavy atom. The van der Waals surface area contributed by atoms with Crippen molar-refractivity contribution >= 4 is 36.3 Å². The minimum absolute atomic E-state index is 0.110. The average Bonchev–Trinajstić information content (AvgIpc) is 2.94. The summed E-state index contributed by atoms with van der Waals surface area (Å²) in [4.78, 5) is 25.1. The Hall–Kier alpha value is -1.14. The van der Waals surface area contributed by atoms with Crippen LogP contribution in [0.4, 0.5) is 0 Å². The number of hydrogen-bond acceptors (Lipinski definition) is 4. The number of carbonyl (C=O) groups excluding carboxylic acids is 1. The highest BCUT2D eigenvalue weighted by atomic mass is 32.2. The molecule has 0 radical (unpaired) electrons. The molecule has 0 spiro atoms. The van der Waals surface area contributed by atoms with E-state index in [-0.39, 0.29) is 11.8 Å². The quantitative estimate of drug-likeness (QED) is 0.814. The summed E-state index contributed by atoms with van der Waals surface area (Å²) in [7, 11) is 0. The van der Waals surface area contributed by atoms with Crippen LogP contribution in [-0.4, -0.2) is 45.3 Å². The first kappa shape index (κ1) is 15.3. The lowest BCUT2D eigenvalue weighted by molar-refractivity contribution is -0.149. The lowest BCUT2D eigenvalue weighted by Crippen LogP contribution is -2.45. The summed E-state index contributed by atoms with van der Waals surface area (Å²) >= 11 is 5.74. The van der Waals surface area contributed by atoms with Gasteiger partial charge in [0, 0.05) is 11.5 Å². The first-order valence-corrected chi connectivity index (χ1v) is 8.18. The molecule has 2 rings (SSSR count). The van der Waals surface area contributed by atoms with Gasteiger partial charge in [-0.3, -0.25) is 4.79 Å². The van der Waals surface area contributed by atoms with Crippen molar-refractivity contribution in [3.8, 4) is 0 Å². The molecule has 1 aromatic rings. The maximum Gasteiger partial charge on any atom is 0.327 e. The van der Waals surface area contributed by atoms with Crippen LogP contribution in [0.1, 0.15) is 5.56 Å². The van der Waals surface area contributed by atoms with Gasteiger partial charge < -0.3 is 10.0 Å². The number of carboxylic acid groups (broad SMARTS) is 1. The molecule has 1 heterocycles. The first-order valence-electron chi connectivity index (χ1n) is 6.39. The smallest absolute Gasteiger partial charge is 0.327 e. The van der Waals surface area contributed by atoms with Gasteiger partial charge in [0.25, 0.3) is 0 Å². The second-order valence-electron chi connectivity index (χ2n) is 4.73. The van der Waals surface area contributed by atoms with Gasteiger partial charge in [-0.2, -0.15) is 12.6 Å². The van der Waals surface area contributed by atoms with Gasteiger partial charge in [-0.05, 0) is 12.0 Å². The van der Waals surface area contributed by atoms with Gasteiger partial charge in [-0.25, -0.2) is 4.79 Å². The molecule has 20 heavy (non-hydrogen) atoms. The second-order valence-corrected chi connectivity index (χ2v) is 6.10. The van der Waals surface area contributed by atoms with Crippen molar-refractivity contribution in [1.29, 1.82) is 0 Å². The van der Waals surface area contributed by atoms with E-state index in [2.05, 4.69) is 12.6 Å². The molecule has 0 saturated carbocycles. The SMILES string of the molecule is O=C(O)[C@H]1CSCN1C(=O)C(CS)Cc1ccccc1. The number of thiol groups is 1. The molecule has 1 unspecified atom stereocenters. The summed E-state index contributed by atoms with van der Waals surface area (Å²) in [5, 5.41) is 9.15. The maximum absolute atomic E-state index is 12.5. The van der Waals surface area contributed by atoms with Crippen molar-refractivity contribution in [2.75, 3.05) is 17.4 Å². The van der Waals surface area contributed by atoms with Crippen LogP contribution in [0.25, 0.3) is 0 Å². The van der Waals surface area contributed by atoms with Gasteiger partial charge in [0.2, 0.25) is 5.91 Å². The number of amides is 1. The van der Waals surface area contributed by atoms with Crippen molar-refractivity contribution in [2.45, 2.75) is 12.5 Å². The zero-order valence-corrected chi connectivity index (χ0v) is 12.6. The molecule has 1 saturated heterocycles. The molecule has 2 atom stereocenters. The van der Waals surface area contributed by atoms with Crippen molar-refractivity contribution in [2.24, 2.45) is 5.92 Å².